The molecule has 1 aromatic rings. The molecule has 1 atom stereocenters. The molecule has 1 unspecified atom stereocenters. The summed E-state index contributed by atoms with van der Waals surface area (Å²) in [5.41, 5.74) is 1.02. The van der Waals surface area contributed by atoms with Crippen molar-refractivity contribution < 1.29 is 19.8 Å². The Morgan fingerprint density at radius 2 is 2.00 bits per heavy atom. The van der Waals surface area contributed by atoms with Crippen molar-refractivity contribution in [1.29, 1.82) is 0 Å². The molecule has 98 valence electrons. The number of aromatic nitrogens is 1. The Kier molecular flexibility index (Phi) is 5.79. The largest absolute Gasteiger partial charge is 0.479 e. The second-order valence-electron chi connectivity index (χ2n) is 3.85. The van der Waals surface area contributed by atoms with E-state index in [0.717, 1.165) is 5.56 Å². The third kappa shape index (κ3) is 5.40. The lowest BCUT2D eigenvalue weighted by Crippen LogP contribution is -2.30. The lowest BCUT2D eigenvalue weighted by Gasteiger charge is -2.07. The van der Waals surface area contributed by atoms with E-state index in [-0.39, 0.29) is 18.9 Å². The highest BCUT2D eigenvalue weighted by molar-refractivity contribution is 5.76. The zero-order chi connectivity index (χ0) is 13.4. The lowest BCUT2D eigenvalue weighted by atomic mass is 10.1. The van der Waals surface area contributed by atoms with Crippen molar-refractivity contribution in [2.24, 2.45) is 0 Å². The lowest BCUT2D eigenvalue weighted by molar-refractivity contribution is -0.147. The first-order valence-corrected chi connectivity index (χ1v) is 5.66. The molecular weight excluding hydrogens is 236 g/mol. The molecule has 18 heavy (non-hydrogen) atoms. The number of hydrogen-bond acceptors (Lipinski definition) is 4. The molecule has 0 fully saturated rings. The van der Waals surface area contributed by atoms with Gasteiger partial charge in [0.15, 0.2) is 6.10 Å². The number of aryl methyl sites for hydroxylation is 1. The Labute approximate surface area is 105 Å². The summed E-state index contributed by atoms with van der Waals surface area (Å²) in [7, 11) is 0. The van der Waals surface area contributed by atoms with Crippen LogP contribution in [0.4, 0.5) is 0 Å². The number of hydrogen-bond donors (Lipinski definition) is 3. The number of nitrogens with one attached hydrogen (secondary N) is 1. The van der Waals surface area contributed by atoms with Crippen LogP contribution >= 0.6 is 0 Å². The molecule has 0 aliphatic heterocycles. The topological polar surface area (TPSA) is 99.5 Å². The van der Waals surface area contributed by atoms with Gasteiger partial charge in [0, 0.05) is 31.8 Å². The Balaban J connectivity index is 2.17. The fraction of sp³-hybridized carbons (Fsp3) is 0.417. The summed E-state index contributed by atoms with van der Waals surface area (Å²) >= 11 is 0. The van der Waals surface area contributed by atoms with Crippen molar-refractivity contribution in [3.05, 3.63) is 30.1 Å². The first kappa shape index (κ1) is 14.1. The maximum atomic E-state index is 11.4. The van der Waals surface area contributed by atoms with E-state index in [9.17, 15) is 9.59 Å². The summed E-state index contributed by atoms with van der Waals surface area (Å²) in [4.78, 5) is 25.6. The van der Waals surface area contributed by atoms with Gasteiger partial charge in [0.25, 0.3) is 0 Å². The predicted molar refractivity (Wildman–Crippen MR) is 63.8 cm³/mol. The Morgan fingerprint density at radius 1 is 1.33 bits per heavy atom. The molecular formula is C12H16N2O4. The van der Waals surface area contributed by atoms with E-state index < -0.39 is 12.1 Å². The van der Waals surface area contributed by atoms with Crippen LogP contribution in [0.15, 0.2) is 24.5 Å². The van der Waals surface area contributed by atoms with E-state index in [2.05, 4.69) is 10.3 Å². The van der Waals surface area contributed by atoms with Crippen molar-refractivity contribution in [2.45, 2.75) is 25.4 Å². The van der Waals surface area contributed by atoms with Gasteiger partial charge in [-0.2, -0.15) is 0 Å². The fourth-order valence-electron chi connectivity index (χ4n) is 1.37. The maximum absolute atomic E-state index is 11.4. The number of aliphatic hydroxyl groups excluding tert-OH is 1. The molecule has 0 spiro atoms. The van der Waals surface area contributed by atoms with Gasteiger partial charge in [-0.15, -0.1) is 0 Å². The molecule has 1 aromatic heterocycles. The van der Waals surface area contributed by atoms with E-state index in [1.807, 2.05) is 12.1 Å². The van der Waals surface area contributed by atoms with Crippen LogP contribution in [0.1, 0.15) is 18.4 Å². The van der Waals surface area contributed by atoms with Crippen molar-refractivity contribution >= 4 is 11.9 Å². The van der Waals surface area contributed by atoms with E-state index >= 15 is 0 Å². The highest BCUT2D eigenvalue weighted by Crippen LogP contribution is 2.00. The van der Waals surface area contributed by atoms with Gasteiger partial charge in [-0.3, -0.25) is 9.78 Å². The number of carboxylic acid groups (broad SMARTS) is 1. The maximum Gasteiger partial charge on any atom is 0.332 e. The number of carbonyl (C=O) groups is 2. The molecule has 1 heterocycles. The second-order valence-corrected chi connectivity index (χ2v) is 3.85. The minimum atomic E-state index is -1.43. The summed E-state index contributed by atoms with van der Waals surface area (Å²) in [6.07, 6.45) is 2.84. The van der Waals surface area contributed by atoms with Crippen LogP contribution in [0, 0.1) is 0 Å². The van der Waals surface area contributed by atoms with Gasteiger partial charge in [-0.05, 0) is 24.1 Å². The number of pyridine rings is 1. The van der Waals surface area contributed by atoms with Crippen molar-refractivity contribution in [2.75, 3.05) is 6.54 Å². The van der Waals surface area contributed by atoms with Gasteiger partial charge in [0.1, 0.15) is 0 Å². The van der Waals surface area contributed by atoms with Crippen LogP contribution in [0.5, 0.6) is 0 Å². The molecule has 1 rings (SSSR count). The van der Waals surface area contributed by atoms with E-state index in [1.165, 1.54) is 0 Å². The number of aliphatic hydroxyl groups is 1. The Hall–Kier alpha value is -1.95. The molecule has 6 nitrogen and oxygen atoms in total. The molecule has 1 amide bonds. The van der Waals surface area contributed by atoms with Gasteiger partial charge < -0.3 is 15.5 Å². The fourth-order valence-corrected chi connectivity index (χ4v) is 1.37. The third-order valence-corrected chi connectivity index (χ3v) is 2.42. The molecule has 0 aromatic carbocycles. The van der Waals surface area contributed by atoms with Crippen LogP contribution in [0.2, 0.25) is 0 Å². The molecule has 0 bridgehead atoms. The summed E-state index contributed by atoms with van der Waals surface area (Å²) in [6, 6.07) is 3.67. The van der Waals surface area contributed by atoms with Gasteiger partial charge in [0.05, 0.1) is 0 Å². The van der Waals surface area contributed by atoms with Crippen molar-refractivity contribution in [1.82, 2.24) is 10.3 Å². The number of aliphatic carboxylic acids is 1. The van der Waals surface area contributed by atoms with Gasteiger partial charge >= 0.3 is 5.97 Å². The quantitative estimate of drug-likeness (QED) is 0.632. The third-order valence-electron chi connectivity index (χ3n) is 2.42. The molecule has 0 saturated heterocycles. The highest BCUT2D eigenvalue weighted by Gasteiger charge is 2.12. The normalized spacial score (nSPS) is 11.8. The van der Waals surface area contributed by atoms with Crippen LogP contribution in [-0.4, -0.2) is 39.7 Å². The predicted octanol–water partition coefficient (Wildman–Crippen LogP) is -0.0340. The number of nitrogens with zero attached hydrogens (tertiary/aromatic N) is 1. The van der Waals surface area contributed by atoms with E-state index in [4.69, 9.17) is 10.2 Å². The van der Waals surface area contributed by atoms with E-state index in [1.54, 1.807) is 12.4 Å². The SMILES string of the molecule is O=C(CCc1ccncc1)NCCC(O)C(=O)O. The zero-order valence-electron chi connectivity index (χ0n) is 9.87. The summed E-state index contributed by atoms with van der Waals surface area (Å²) < 4.78 is 0. The Bertz CT molecular complexity index is 394. The smallest absolute Gasteiger partial charge is 0.332 e. The van der Waals surface area contributed by atoms with Crippen LogP contribution in [0.3, 0.4) is 0 Å². The average Bonchev–Trinajstić information content (AvgIpc) is 2.37. The van der Waals surface area contributed by atoms with Gasteiger partial charge in [-0.25, -0.2) is 4.79 Å². The first-order chi connectivity index (χ1) is 8.59. The minimum absolute atomic E-state index is 0.0102. The molecule has 6 heteroatoms. The summed E-state index contributed by atoms with van der Waals surface area (Å²) in [5.74, 6) is -1.44. The van der Waals surface area contributed by atoms with Crippen molar-refractivity contribution in [3.8, 4) is 0 Å². The van der Waals surface area contributed by atoms with Crippen LogP contribution in [-0.2, 0) is 16.0 Å². The summed E-state index contributed by atoms with van der Waals surface area (Å²) in [6.45, 7) is 0.155. The average molecular weight is 252 g/mol. The standard InChI is InChI=1S/C12H16N2O4/c15-10(12(17)18)5-8-14-11(16)2-1-9-3-6-13-7-4-9/h3-4,6-7,10,15H,1-2,5,8H2,(H,14,16)(H,17,18). The number of carbonyl (C=O) groups excluding carboxylic acids is 1. The number of carboxylic acids is 1. The molecule has 0 saturated carbocycles. The first-order valence-electron chi connectivity index (χ1n) is 5.66. The van der Waals surface area contributed by atoms with Crippen LogP contribution in [0.25, 0.3) is 0 Å². The highest BCUT2D eigenvalue weighted by atomic mass is 16.4. The van der Waals surface area contributed by atoms with Gasteiger partial charge in [0.2, 0.25) is 5.91 Å². The van der Waals surface area contributed by atoms with Gasteiger partial charge in [-0.1, -0.05) is 0 Å². The van der Waals surface area contributed by atoms with E-state index in [0.29, 0.717) is 12.8 Å². The second kappa shape index (κ2) is 7.39. The minimum Gasteiger partial charge on any atom is -0.479 e. The molecule has 0 aliphatic carbocycles. The monoisotopic (exact) mass is 252 g/mol. The molecule has 0 aliphatic rings. The summed E-state index contributed by atoms with van der Waals surface area (Å²) in [5, 5.41) is 20.0. The Morgan fingerprint density at radius 3 is 2.61 bits per heavy atom. The molecule has 0 radical (unpaired) electrons. The van der Waals surface area contributed by atoms with Crippen molar-refractivity contribution in [3.63, 3.8) is 0 Å². The zero-order valence-corrected chi connectivity index (χ0v) is 9.87. The molecule has 3 N–H and O–H groups in total. The van der Waals surface area contributed by atoms with Crippen LogP contribution < -0.4 is 5.32 Å². The number of rotatable bonds is 7. The number of amides is 1.